The van der Waals surface area contributed by atoms with Gasteiger partial charge in [0.1, 0.15) is 18.1 Å². The SMILES string of the molecule is CC(C)COC(=O)NC(CCC(=O)O)C(=O)N[C@@H](CC(C)C)C(=O)NC(CS)C(=O)NCCc1ccc(C(=O)O)cc1Cl. The molecular formula is C28H41ClN4O9S. The monoisotopic (exact) mass is 644 g/mol. The first kappa shape index (κ1) is 37.5. The zero-order valence-corrected chi connectivity index (χ0v) is 26.3. The van der Waals surface area contributed by atoms with Gasteiger partial charge in [-0.25, -0.2) is 9.59 Å². The third-order valence-electron chi connectivity index (χ3n) is 5.95. The molecule has 1 aromatic carbocycles. The minimum Gasteiger partial charge on any atom is -0.481 e. The van der Waals surface area contributed by atoms with Crippen LogP contribution in [0.5, 0.6) is 0 Å². The van der Waals surface area contributed by atoms with Crippen molar-refractivity contribution in [3.63, 3.8) is 0 Å². The maximum absolute atomic E-state index is 13.2. The van der Waals surface area contributed by atoms with E-state index >= 15 is 0 Å². The summed E-state index contributed by atoms with van der Waals surface area (Å²) in [5.41, 5.74) is 0.658. The Bertz CT molecular complexity index is 1150. The van der Waals surface area contributed by atoms with E-state index in [1.54, 1.807) is 6.07 Å². The quantitative estimate of drug-likeness (QED) is 0.117. The number of alkyl carbamates (subject to hydrolysis) is 1. The normalized spacial score (nSPS) is 13.0. The molecule has 0 saturated carbocycles. The van der Waals surface area contributed by atoms with E-state index in [1.807, 2.05) is 27.7 Å². The van der Waals surface area contributed by atoms with Gasteiger partial charge in [0.25, 0.3) is 0 Å². The van der Waals surface area contributed by atoms with Gasteiger partial charge in [-0.3, -0.25) is 19.2 Å². The molecule has 1 rings (SSSR count). The number of benzene rings is 1. The van der Waals surface area contributed by atoms with Crippen molar-refractivity contribution in [3.8, 4) is 0 Å². The molecule has 0 aromatic heterocycles. The summed E-state index contributed by atoms with van der Waals surface area (Å²) >= 11 is 10.3. The highest BCUT2D eigenvalue weighted by Gasteiger charge is 2.30. The van der Waals surface area contributed by atoms with Crippen molar-refractivity contribution in [1.82, 2.24) is 21.3 Å². The summed E-state index contributed by atoms with van der Waals surface area (Å²) in [6, 6.07) is 0.837. The number of hydrogen-bond donors (Lipinski definition) is 7. The molecule has 0 radical (unpaired) electrons. The Morgan fingerprint density at radius 1 is 0.884 bits per heavy atom. The number of rotatable bonds is 18. The Labute approximate surface area is 261 Å². The molecule has 43 heavy (non-hydrogen) atoms. The molecule has 13 nitrogen and oxygen atoms in total. The zero-order valence-electron chi connectivity index (χ0n) is 24.6. The number of nitrogens with one attached hydrogen (secondary N) is 4. The van der Waals surface area contributed by atoms with E-state index in [1.165, 1.54) is 12.1 Å². The van der Waals surface area contributed by atoms with Crippen molar-refractivity contribution in [2.45, 2.75) is 71.5 Å². The maximum Gasteiger partial charge on any atom is 0.407 e. The first-order valence-electron chi connectivity index (χ1n) is 13.8. The van der Waals surface area contributed by atoms with Crippen LogP contribution in [0.1, 0.15) is 62.9 Å². The lowest BCUT2D eigenvalue weighted by Crippen LogP contribution is -2.57. The predicted octanol–water partition coefficient (Wildman–Crippen LogP) is 2.26. The summed E-state index contributed by atoms with van der Waals surface area (Å²) < 4.78 is 5.04. The minimum atomic E-state index is -1.28. The van der Waals surface area contributed by atoms with E-state index in [2.05, 4.69) is 33.9 Å². The molecule has 3 atom stereocenters. The van der Waals surface area contributed by atoms with Gasteiger partial charge in [0.05, 0.1) is 12.2 Å². The second kappa shape index (κ2) is 18.9. The van der Waals surface area contributed by atoms with Gasteiger partial charge in [0, 0.05) is 23.7 Å². The van der Waals surface area contributed by atoms with Crippen LogP contribution in [0.15, 0.2) is 18.2 Å². The number of thiol groups is 1. The molecule has 0 aliphatic rings. The highest BCUT2D eigenvalue weighted by molar-refractivity contribution is 7.80. The second-order valence-electron chi connectivity index (χ2n) is 10.7. The van der Waals surface area contributed by atoms with Crippen LogP contribution in [0, 0.1) is 11.8 Å². The fourth-order valence-electron chi connectivity index (χ4n) is 3.73. The number of aliphatic carboxylic acids is 1. The lowest BCUT2D eigenvalue weighted by Gasteiger charge is -2.25. The molecule has 0 heterocycles. The van der Waals surface area contributed by atoms with E-state index in [0.717, 1.165) is 0 Å². The molecule has 1 aromatic rings. The van der Waals surface area contributed by atoms with Gasteiger partial charge in [-0.2, -0.15) is 12.6 Å². The Balaban J connectivity index is 2.88. The van der Waals surface area contributed by atoms with Crippen LogP contribution in [0.4, 0.5) is 4.79 Å². The van der Waals surface area contributed by atoms with Gasteiger partial charge >= 0.3 is 18.0 Å². The summed E-state index contributed by atoms with van der Waals surface area (Å²) in [7, 11) is 0. The predicted molar refractivity (Wildman–Crippen MR) is 162 cm³/mol. The van der Waals surface area contributed by atoms with Crippen LogP contribution in [0.25, 0.3) is 0 Å². The van der Waals surface area contributed by atoms with Crippen LogP contribution in [0.3, 0.4) is 0 Å². The Kier molecular flexibility index (Phi) is 16.5. The molecular weight excluding hydrogens is 604 g/mol. The molecule has 240 valence electrons. The number of ether oxygens (including phenoxy) is 1. The molecule has 0 spiro atoms. The number of carbonyl (C=O) groups excluding carboxylic acids is 4. The summed E-state index contributed by atoms with van der Waals surface area (Å²) in [6.45, 7) is 7.54. The van der Waals surface area contributed by atoms with Crippen LogP contribution in [0.2, 0.25) is 5.02 Å². The van der Waals surface area contributed by atoms with Gasteiger partial charge in [-0.1, -0.05) is 45.4 Å². The molecule has 0 fully saturated rings. The molecule has 4 amide bonds. The average molecular weight is 645 g/mol. The van der Waals surface area contributed by atoms with Crippen molar-refractivity contribution in [3.05, 3.63) is 34.3 Å². The molecule has 0 aliphatic carbocycles. The standard InChI is InChI=1S/C28H41ClN4O9S/c1-15(2)11-21(31-25(37)20(7-8-23(34)35)33-28(41)42-13-16(3)4)26(38)32-22(14-43)24(36)30-10-9-17-5-6-18(27(39)40)12-19(17)29/h5-6,12,15-16,20-22,43H,7-11,13-14H2,1-4H3,(H,30,36)(H,31,37)(H,32,38)(H,33,41)(H,34,35)(H,39,40)/t20?,21-,22?/m0/s1. The summed E-state index contributed by atoms with van der Waals surface area (Å²) in [4.78, 5) is 73.4. The number of carboxylic acids is 2. The lowest BCUT2D eigenvalue weighted by atomic mass is 10.0. The van der Waals surface area contributed by atoms with Crippen LogP contribution < -0.4 is 21.3 Å². The number of aromatic carboxylic acids is 1. The van der Waals surface area contributed by atoms with E-state index in [0.29, 0.717) is 12.0 Å². The van der Waals surface area contributed by atoms with Gasteiger partial charge in [-0.15, -0.1) is 0 Å². The van der Waals surface area contributed by atoms with E-state index < -0.39 is 60.3 Å². The van der Waals surface area contributed by atoms with E-state index in [9.17, 15) is 28.8 Å². The van der Waals surface area contributed by atoms with Crippen molar-refractivity contribution in [2.75, 3.05) is 18.9 Å². The third-order valence-corrected chi connectivity index (χ3v) is 6.67. The second-order valence-corrected chi connectivity index (χ2v) is 11.5. The van der Waals surface area contributed by atoms with Crippen LogP contribution >= 0.6 is 24.2 Å². The Morgan fingerprint density at radius 3 is 2.05 bits per heavy atom. The number of halogens is 1. The molecule has 6 N–H and O–H groups in total. The van der Waals surface area contributed by atoms with Crippen molar-refractivity contribution >= 4 is 60.0 Å². The first-order valence-corrected chi connectivity index (χ1v) is 14.8. The topological polar surface area (TPSA) is 200 Å². The average Bonchev–Trinajstić information content (AvgIpc) is 2.92. The fraction of sp³-hybridized carbons (Fsp3) is 0.571. The summed E-state index contributed by atoms with van der Waals surface area (Å²) in [5.74, 6) is -4.34. The number of hydrogen-bond acceptors (Lipinski definition) is 8. The number of carbonyl (C=O) groups is 6. The number of carboxylic acid groups (broad SMARTS) is 2. The summed E-state index contributed by atoms with van der Waals surface area (Å²) in [5, 5.41) is 28.6. The highest BCUT2D eigenvalue weighted by atomic mass is 35.5. The van der Waals surface area contributed by atoms with Gasteiger partial charge in [0.15, 0.2) is 0 Å². The minimum absolute atomic E-state index is 0.0359. The lowest BCUT2D eigenvalue weighted by molar-refractivity contribution is -0.137. The van der Waals surface area contributed by atoms with Crippen LogP contribution in [-0.2, 0) is 30.3 Å². The maximum atomic E-state index is 13.2. The zero-order chi connectivity index (χ0) is 32.7. The van der Waals surface area contributed by atoms with E-state index in [4.69, 9.17) is 26.6 Å². The third kappa shape index (κ3) is 14.5. The smallest absolute Gasteiger partial charge is 0.407 e. The molecule has 0 saturated heterocycles. The molecule has 15 heteroatoms. The number of amides is 4. The van der Waals surface area contributed by atoms with Gasteiger partial charge < -0.3 is 36.2 Å². The Hall–Kier alpha value is -3.52. The van der Waals surface area contributed by atoms with Crippen molar-refractivity contribution < 1.29 is 43.7 Å². The highest BCUT2D eigenvalue weighted by Crippen LogP contribution is 2.18. The van der Waals surface area contributed by atoms with Crippen molar-refractivity contribution in [1.29, 1.82) is 0 Å². The molecule has 2 unspecified atom stereocenters. The summed E-state index contributed by atoms with van der Waals surface area (Å²) in [6.07, 6.45) is -1.06. The van der Waals surface area contributed by atoms with E-state index in [-0.39, 0.29) is 54.2 Å². The van der Waals surface area contributed by atoms with Gasteiger partial charge in [0.2, 0.25) is 17.7 Å². The van der Waals surface area contributed by atoms with Gasteiger partial charge in [-0.05, 0) is 48.8 Å². The molecule has 0 aliphatic heterocycles. The van der Waals surface area contributed by atoms with Crippen LogP contribution in [-0.4, -0.2) is 83.0 Å². The first-order chi connectivity index (χ1) is 20.1. The van der Waals surface area contributed by atoms with Crippen molar-refractivity contribution in [2.24, 2.45) is 11.8 Å². The Morgan fingerprint density at radius 2 is 1.51 bits per heavy atom. The largest absolute Gasteiger partial charge is 0.481 e. The molecule has 0 bridgehead atoms. The fourth-order valence-corrected chi connectivity index (χ4v) is 4.26.